The largest absolute Gasteiger partial charge is 0.369 e. The van der Waals surface area contributed by atoms with Gasteiger partial charge in [0.05, 0.1) is 16.8 Å². The van der Waals surface area contributed by atoms with Crippen LogP contribution in [0.2, 0.25) is 0 Å². The van der Waals surface area contributed by atoms with Crippen LogP contribution in [-0.2, 0) is 0 Å². The van der Waals surface area contributed by atoms with Crippen molar-refractivity contribution in [3.63, 3.8) is 0 Å². The molecule has 0 amide bonds. The molecular weight excluding hydrogens is 208 g/mol. The van der Waals surface area contributed by atoms with Crippen molar-refractivity contribution in [2.45, 2.75) is 6.92 Å². The molecule has 0 atom stereocenters. The van der Waals surface area contributed by atoms with Crippen LogP contribution in [-0.4, -0.2) is 24.0 Å². The molecule has 0 radical (unpaired) electrons. The quantitative estimate of drug-likeness (QED) is 0.610. The third-order valence-electron chi connectivity index (χ3n) is 2.13. The Morgan fingerprint density at radius 2 is 2.31 bits per heavy atom. The van der Waals surface area contributed by atoms with Crippen LogP contribution in [0.3, 0.4) is 0 Å². The molecule has 0 spiro atoms. The van der Waals surface area contributed by atoms with Crippen LogP contribution in [0, 0.1) is 17.0 Å². The molecule has 86 valence electrons. The summed E-state index contributed by atoms with van der Waals surface area (Å²) in [5.74, 6) is 0.399. The molecule has 0 fully saturated rings. The number of hydrogen-bond acceptors (Lipinski definition) is 5. The van der Waals surface area contributed by atoms with E-state index in [4.69, 9.17) is 0 Å². The fourth-order valence-electron chi connectivity index (χ4n) is 1.22. The van der Waals surface area contributed by atoms with Crippen LogP contribution < -0.4 is 10.2 Å². The molecule has 16 heavy (non-hydrogen) atoms. The lowest BCUT2D eigenvalue weighted by molar-refractivity contribution is -0.403. The van der Waals surface area contributed by atoms with E-state index in [-0.39, 0.29) is 0 Å². The van der Waals surface area contributed by atoms with Crippen LogP contribution in [0.15, 0.2) is 30.4 Å². The number of nitrogens with one attached hydrogen (secondary N) is 1. The first-order valence-corrected chi connectivity index (χ1v) is 4.74. The van der Waals surface area contributed by atoms with Crippen molar-refractivity contribution < 1.29 is 4.92 Å². The van der Waals surface area contributed by atoms with E-state index in [9.17, 15) is 10.1 Å². The van der Waals surface area contributed by atoms with Gasteiger partial charge >= 0.3 is 0 Å². The van der Waals surface area contributed by atoms with Crippen LogP contribution in [0.1, 0.15) is 5.69 Å². The van der Waals surface area contributed by atoms with Gasteiger partial charge in [-0.2, -0.15) is 0 Å². The molecular formula is C10H14N4O2. The molecule has 0 aliphatic heterocycles. The first-order chi connectivity index (χ1) is 7.54. The standard InChI is InChI=1S/C10H14N4O2/c1-8-4-5-9(6-12-8)13(3)10(11-2)7-14(15)16/h4-7,11H,1-3H3/b10-7+. The number of aromatic nitrogens is 1. The third kappa shape index (κ3) is 2.94. The number of anilines is 1. The summed E-state index contributed by atoms with van der Waals surface area (Å²) in [6.07, 6.45) is 2.58. The van der Waals surface area contributed by atoms with Crippen molar-refractivity contribution in [2.24, 2.45) is 0 Å². The van der Waals surface area contributed by atoms with E-state index in [1.165, 1.54) is 0 Å². The number of hydrogen-bond donors (Lipinski definition) is 1. The van der Waals surface area contributed by atoms with Crippen LogP contribution in [0.25, 0.3) is 0 Å². The number of aryl methyl sites for hydroxylation is 1. The fourth-order valence-corrected chi connectivity index (χ4v) is 1.22. The summed E-state index contributed by atoms with van der Waals surface area (Å²) in [5, 5.41) is 13.2. The average molecular weight is 222 g/mol. The minimum Gasteiger partial charge on any atom is -0.369 e. The molecule has 0 bridgehead atoms. The molecule has 1 N–H and O–H groups in total. The molecule has 0 aliphatic rings. The smallest absolute Gasteiger partial charge is 0.274 e. The Kier molecular flexibility index (Phi) is 3.82. The molecule has 0 saturated carbocycles. The van der Waals surface area contributed by atoms with Crippen molar-refractivity contribution in [2.75, 3.05) is 19.0 Å². The molecule has 1 rings (SSSR count). The Balaban J connectivity index is 2.95. The zero-order valence-corrected chi connectivity index (χ0v) is 9.47. The topological polar surface area (TPSA) is 71.3 Å². The maximum atomic E-state index is 10.4. The monoisotopic (exact) mass is 222 g/mol. The second kappa shape index (κ2) is 5.11. The highest BCUT2D eigenvalue weighted by Gasteiger charge is 2.09. The van der Waals surface area contributed by atoms with E-state index >= 15 is 0 Å². The lowest BCUT2D eigenvalue weighted by Gasteiger charge is -2.19. The molecule has 0 aliphatic carbocycles. The third-order valence-corrected chi connectivity index (χ3v) is 2.13. The molecule has 1 heterocycles. The van der Waals surface area contributed by atoms with Gasteiger partial charge in [-0.05, 0) is 19.1 Å². The summed E-state index contributed by atoms with van der Waals surface area (Å²) in [7, 11) is 3.37. The van der Waals surface area contributed by atoms with Gasteiger partial charge in [-0.25, -0.2) is 0 Å². The van der Waals surface area contributed by atoms with Crippen molar-refractivity contribution >= 4 is 5.69 Å². The lowest BCUT2D eigenvalue weighted by atomic mass is 10.3. The summed E-state index contributed by atoms with van der Waals surface area (Å²) in [6.45, 7) is 1.88. The summed E-state index contributed by atoms with van der Waals surface area (Å²) < 4.78 is 0. The molecule has 1 aromatic rings. The van der Waals surface area contributed by atoms with E-state index in [0.717, 1.165) is 17.6 Å². The van der Waals surface area contributed by atoms with E-state index in [1.807, 2.05) is 19.1 Å². The highest BCUT2D eigenvalue weighted by Crippen LogP contribution is 2.14. The van der Waals surface area contributed by atoms with Gasteiger partial charge < -0.3 is 10.2 Å². The molecule has 1 aromatic heterocycles. The molecule has 0 aromatic carbocycles. The Morgan fingerprint density at radius 3 is 2.75 bits per heavy atom. The minimum atomic E-state index is -0.496. The maximum absolute atomic E-state index is 10.4. The normalized spacial score (nSPS) is 11.1. The van der Waals surface area contributed by atoms with Gasteiger partial charge in [0.1, 0.15) is 0 Å². The second-order valence-electron chi connectivity index (χ2n) is 3.27. The second-order valence-corrected chi connectivity index (χ2v) is 3.27. The number of pyridine rings is 1. The Hall–Kier alpha value is -2.11. The van der Waals surface area contributed by atoms with Crippen LogP contribution in [0.5, 0.6) is 0 Å². The van der Waals surface area contributed by atoms with Crippen molar-refractivity contribution in [1.82, 2.24) is 10.3 Å². The predicted octanol–water partition coefficient (Wildman–Crippen LogP) is 1.12. The van der Waals surface area contributed by atoms with Gasteiger partial charge in [-0.15, -0.1) is 0 Å². The van der Waals surface area contributed by atoms with E-state index in [0.29, 0.717) is 5.82 Å². The van der Waals surface area contributed by atoms with Crippen LogP contribution >= 0.6 is 0 Å². The number of rotatable bonds is 4. The first kappa shape index (κ1) is 12.0. The number of nitrogens with zero attached hydrogens (tertiary/aromatic N) is 3. The van der Waals surface area contributed by atoms with E-state index < -0.39 is 4.92 Å². The summed E-state index contributed by atoms with van der Waals surface area (Å²) in [6, 6.07) is 3.71. The lowest BCUT2D eigenvalue weighted by Crippen LogP contribution is -2.26. The Morgan fingerprint density at radius 1 is 1.62 bits per heavy atom. The molecule has 6 nitrogen and oxygen atoms in total. The molecule has 6 heteroatoms. The average Bonchev–Trinajstić information content (AvgIpc) is 2.25. The van der Waals surface area contributed by atoms with Crippen molar-refractivity contribution in [1.29, 1.82) is 0 Å². The summed E-state index contributed by atoms with van der Waals surface area (Å²) in [4.78, 5) is 15.7. The highest BCUT2D eigenvalue weighted by atomic mass is 16.6. The maximum Gasteiger partial charge on any atom is 0.274 e. The Labute approximate surface area is 93.7 Å². The van der Waals surface area contributed by atoms with Crippen LogP contribution in [0.4, 0.5) is 5.69 Å². The van der Waals surface area contributed by atoms with Gasteiger partial charge in [0.25, 0.3) is 6.20 Å². The van der Waals surface area contributed by atoms with Gasteiger partial charge in [-0.3, -0.25) is 15.1 Å². The Bertz CT molecular complexity index is 400. The van der Waals surface area contributed by atoms with Gasteiger partial charge in [0, 0.05) is 19.8 Å². The minimum absolute atomic E-state index is 0.399. The summed E-state index contributed by atoms with van der Waals surface area (Å²) in [5.41, 5.74) is 1.69. The van der Waals surface area contributed by atoms with Crippen molar-refractivity contribution in [3.05, 3.63) is 46.2 Å². The molecule has 0 saturated heterocycles. The van der Waals surface area contributed by atoms with Gasteiger partial charge in [0.2, 0.25) is 0 Å². The number of nitro groups is 1. The van der Waals surface area contributed by atoms with E-state index in [1.54, 1.807) is 25.2 Å². The van der Waals surface area contributed by atoms with E-state index in [2.05, 4.69) is 10.3 Å². The van der Waals surface area contributed by atoms with Gasteiger partial charge in [0.15, 0.2) is 5.82 Å². The predicted molar refractivity (Wildman–Crippen MR) is 61.5 cm³/mol. The fraction of sp³-hybridized carbons (Fsp3) is 0.300. The first-order valence-electron chi connectivity index (χ1n) is 4.74. The van der Waals surface area contributed by atoms with Crippen molar-refractivity contribution in [3.8, 4) is 0 Å². The van der Waals surface area contributed by atoms with Gasteiger partial charge in [-0.1, -0.05) is 0 Å². The molecule has 0 unspecified atom stereocenters. The highest BCUT2D eigenvalue weighted by molar-refractivity contribution is 5.48. The zero-order valence-electron chi connectivity index (χ0n) is 9.47. The summed E-state index contributed by atoms with van der Waals surface area (Å²) >= 11 is 0. The SMILES string of the molecule is CN/C(=C\[N+](=O)[O-])N(C)c1ccc(C)nc1. The zero-order chi connectivity index (χ0) is 12.1.